The summed E-state index contributed by atoms with van der Waals surface area (Å²) in [6.45, 7) is 3.88. The van der Waals surface area contributed by atoms with E-state index in [-0.39, 0.29) is 4.34 Å². The number of primary sulfonamides is 1. The molecule has 2 aromatic heterocycles. The van der Waals surface area contributed by atoms with E-state index in [1.165, 1.54) is 0 Å². The van der Waals surface area contributed by atoms with Gasteiger partial charge < -0.3 is 0 Å². The average molecular weight is 447 g/mol. The fourth-order valence-corrected chi connectivity index (χ4v) is 3.95. The number of aryl methyl sites for hydroxylation is 2. The Balaban J connectivity index is 0.000000500. The molecule has 0 aliphatic rings. The lowest BCUT2D eigenvalue weighted by atomic mass is 10.0. The first kappa shape index (κ1) is 22.3. The second kappa shape index (κ2) is 8.55. The van der Waals surface area contributed by atoms with Crippen LogP contribution in [0.5, 0.6) is 0 Å². The molecule has 0 saturated heterocycles. The summed E-state index contributed by atoms with van der Waals surface area (Å²) in [7, 11) is -8.78. The van der Waals surface area contributed by atoms with Crippen LogP contribution in [0, 0.1) is 24.1 Å². The molecule has 0 unspecified atom stereocenters. The molecule has 2 heterocycles. The van der Waals surface area contributed by atoms with Crippen LogP contribution in [0.3, 0.4) is 0 Å². The van der Waals surface area contributed by atoms with Gasteiger partial charge in [0.05, 0.1) is 5.10 Å². The number of rotatable bonds is 3. The smallest absolute Gasteiger partial charge is 0.222 e. The van der Waals surface area contributed by atoms with Crippen molar-refractivity contribution in [2.75, 3.05) is 0 Å². The zero-order valence-corrected chi connectivity index (χ0v) is 17.0. The molecular formula is C15H15ClN4O6S2. The average Bonchev–Trinajstić information content (AvgIpc) is 3.03. The fraction of sp³-hybridized carbons (Fsp3) is 0.133. The maximum atomic E-state index is 11.4. The fourth-order valence-electron chi connectivity index (χ4n) is 2.41. The number of pyridine rings is 1. The van der Waals surface area contributed by atoms with E-state index in [4.69, 9.17) is 23.8 Å². The molecule has 10 nitrogen and oxygen atoms in total. The maximum absolute atomic E-state index is 11.4. The van der Waals surface area contributed by atoms with Gasteiger partial charge >= 0.3 is 5.13 Å². The summed E-state index contributed by atoms with van der Waals surface area (Å²) >= 11 is 0.951. The molecule has 0 bridgehead atoms. The summed E-state index contributed by atoms with van der Waals surface area (Å²) in [4.78, 5) is 0. The second-order valence-electron chi connectivity index (χ2n) is 5.50. The summed E-state index contributed by atoms with van der Waals surface area (Å²) in [5, 5.41) is 13.2. The van der Waals surface area contributed by atoms with Crippen molar-refractivity contribution in [3.05, 3.63) is 53.9 Å². The third kappa shape index (κ3) is 6.25. The largest absolute Gasteiger partial charge is 0.416 e. The highest BCUT2D eigenvalue weighted by molar-refractivity contribution is 7.91. The lowest BCUT2D eigenvalue weighted by molar-refractivity contribution is -2.00. The van der Waals surface area contributed by atoms with Gasteiger partial charge in [-0.1, -0.05) is 30.3 Å². The van der Waals surface area contributed by atoms with Gasteiger partial charge in [0.25, 0.3) is 14.4 Å². The van der Waals surface area contributed by atoms with Crippen molar-refractivity contribution in [3.63, 3.8) is 0 Å². The number of aromatic nitrogens is 3. The molecule has 0 aliphatic carbocycles. The Labute approximate surface area is 166 Å². The van der Waals surface area contributed by atoms with Crippen molar-refractivity contribution in [3.8, 4) is 16.3 Å². The van der Waals surface area contributed by atoms with Crippen LogP contribution in [0.2, 0.25) is 0 Å². The zero-order chi connectivity index (χ0) is 21.1. The standard InChI is InChI=1S/C15H15N4O2S2.ClHO4/c1-10-8-13(12-6-4-3-5-7-12)9-11(2)19(10)14-17-18-15(22-14)23(16,20)21;2-1(3,4)5/h3-9H,1-2H3,(H2,16,20,21);(H,2,3,4,5)/q+1;/p-1. The second-order valence-corrected chi connectivity index (χ2v) is 8.95. The van der Waals surface area contributed by atoms with Gasteiger partial charge in [-0.05, 0) is 53.5 Å². The number of halogens is 1. The molecule has 13 heteroatoms. The Hall–Kier alpha value is -2.03. The van der Waals surface area contributed by atoms with Crippen LogP contribution in [-0.4, -0.2) is 18.6 Å². The molecular weight excluding hydrogens is 432 g/mol. The van der Waals surface area contributed by atoms with Gasteiger partial charge in [-0.15, -0.1) is 10.2 Å². The van der Waals surface area contributed by atoms with Gasteiger partial charge in [0.1, 0.15) is 11.4 Å². The summed E-state index contributed by atoms with van der Waals surface area (Å²) in [6.07, 6.45) is 0. The Morgan fingerprint density at radius 2 is 1.46 bits per heavy atom. The molecule has 0 spiro atoms. The van der Waals surface area contributed by atoms with Crippen LogP contribution < -0.4 is 28.3 Å². The van der Waals surface area contributed by atoms with Crippen LogP contribution in [0.4, 0.5) is 0 Å². The molecule has 150 valence electrons. The lowest BCUT2D eigenvalue weighted by Crippen LogP contribution is -2.68. The number of nitrogens with two attached hydrogens (primary N) is 1. The highest BCUT2D eigenvalue weighted by Crippen LogP contribution is 2.21. The van der Waals surface area contributed by atoms with Crippen molar-refractivity contribution >= 4 is 21.4 Å². The van der Waals surface area contributed by atoms with Crippen molar-refractivity contribution in [2.45, 2.75) is 18.2 Å². The third-order valence-corrected chi connectivity index (χ3v) is 5.59. The van der Waals surface area contributed by atoms with Crippen LogP contribution in [0.25, 0.3) is 16.3 Å². The zero-order valence-electron chi connectivity index (χ0n) is 14.6. The molecule has 0 amide bonds. The minimum Gasteiger partial charge on any atom is -0.222 e. The molecule has 0 fully saturated rings. The Kier molecular flexibility index (Phi) is 6.80. The van der Waals surface area contributed by atoms with E-state index in [0.717, 1.165) is 33.9 Å². The predicted octanol–water partition coefficient (Wildman–Crippen LogP) is -3.01. The Morgan fingerprint density at radius 1 is 0.964 bits per heavy atom. The van der Waals surface area contributed by atoms with Crippen molar-refractivity contribution in [1.82, 2.24) is 10.2 Å². The summed E-state index contributed by atoms with van der Waals surface area (Å²) < 4.78 is 58.4. The van der Waals surface area contributed by atoms with Gasteiger partial charge in [0.2, 0.25) is 0 Å². The predicted molar refractivity (Wildman–Crippen MR) is 87.7 cm³/mol. The highest BCUT2D eigenvalue weighted by atomic mass is 35.7. The molecule has 1 aromatic carbocycles. The molecule has 3 aromatic rings. The maximum Gasteiger partial charge on any atom is 0.416 e. The van der Waals surface area contributed by atoms with Gasteiger partial charge in [-0.3, -0.25) is 0 Å². The van der Waals surface area contributed by atoms with Crippen molar-refractivity contribution in [1.29, 1.82) is 0 Å². The normalized spacial score (nSPS) is 11.7. The number of nitrogens with zero attached hydrogens (tertiary/aromatic N) is 3. The number of sulfonamides is 1. The SMILES string of the molecule is Cc1cc(-c2ccccc2)cc(C)[n+]1-c1nnc(S(N)(=O)=O)s1.[O-][Cl+3]([O-])([O-])[O-]. The quantitative estimate of drug-likeness (QED) is 0.412. The van der Waals surface area contributed by atoms with Crippen LogP contribution in [0.15, 0.2) is 46.8 Å². The lowest BCUT2D eigenvalue weighted by Gasteiger charge is -2.17. The number of benzene rings is 1. The minimum absolute atomic E-state index is 0.189. The topological polar surface area (TPSA) is 182 Å². The summed E-state index contributed by atoms with van der Waals surface area (Å²) in [5.74, 6) is 0. The van der Waals surface area contributed by atoms with Gasteiger partial charge in [0.15, 0.2) is 0 Å². The summed E-state index contributed by atoms with van der Waals surface area (Å²) in [6, 6.07) is 14.1. The van der Waals surface area contributed by atoms with Crippen LogP contribution in [-0.2, 0) is 10.0 Å². The van der Waals surface area contributed by atoms with E-state index in [0.29, 0.717) is 5.13 Å². The van der Waals surface area contributed by atoms with Crippen molar-refractivity contribution in [2.24, 2.45) is 5.14 Å². The van der Waals surface area contributed by atoms with Gasteiger partial charge in [-0.25, -0.2) is 32.2 Å². The number of hydrogen-bond acceptors (Lipinski definition) is 9. The number of hydrogen-bond donors (Lipinski definition) is 1. The van der Waals surface area contributed by atoms with Crippen LogP contribution in [0.1, 0.15) is 11.4 Å². The van der Waals surface area contributed by atoms with E-state index in [1.54, 1.807) is 0 Å². The molecule has 0 aliphatic heterocycles. The third-order valence-electron chi connectivity index (χ3n) is 3.37. The first-order valence-electron chi connectivity index (χ1n) is 7.43. The Morgan fingerprint density at radius 3 is 1.89 bits per heavy atom. The molecule has 2 N–H and O–H groups in total. The van der Waals surface area contributed by atoms with E-state index >= 15 is 0 Å². The molecule has 0 atom stereocenters. The first-order chi connectivity index (χ1) is 12.9. The van der Waals surface area contributed by atoms with Crippen molar-refractivity contribution < 1.29 is 41.9 Å². The van der Waals surface area contributed by atoms with E-state index in [9.17, 15) is 8.42 Å². The van der Waals surface area contributed by atoms with E-state index in [1.807, 2.05) is 60.9 Å². The monoisotopic (exact) mass is 446 g/mol. The minimum atomic E-state index is -4.94. The summed E-state index contributed by atoms with van der Waals surface area (Å²) in [5.41, 5.74) is 4.07. The molecule has 0 saturated carbocycles. The molecule has 3 rings (SSSR count). The van der Waals surface area contributed by atoms with E-state index in [2.05, 4.69) is 10.2 Å². The van der Waals surface area contributed by atoms with Gasteiger partial charge in [0, 0.05) is 0 Å². The van der Waals surface area contributed by atoms with Gasteiger partial charge in [-0.2, -0.15) is 4.57 Å². The molecule has 0 radical (unpaired) electrons. The first-order valence-corrected chi connectivity index (χ1v) is 11.0. The Bertz CT molecular complexity index is 1040. The highest BCUT2D eigenvalue weighted by Gasteiger charge is 2.25. The van der Waals surface area contributed by atoms with E-state index < -0.39 is 20.3 Å². The van der Waals surface area contributed by atoms with Crippen LogP contribution >= 0.6 is 11.3 Å². The molecule has 28 heavy (non-hydrogen) atoms.